The second-order valence-electron chi connectivity index (χ2n) is 4.02. The summed E-state index contributed by atoms with van der Waals surface area (Å²) in [5.74, 6) is 1.39. The van der Waals surface area contributed by atoms with E-state index < -0.39 is 0 Å². The fourth-order valence-electron chi connectivity index (χ4n) is 1.97. The van der Waals surface area contributed by atoms with Crippen molar-refractivity contribution < 1.29 is 9.53 Å². The van der Waals surface area contributed by atoms with Gasteiger partial charge in [0.05, 0.1) is 0 Å². The first-order valence-electron chi connectivity index (χ1n) is 5.58. The fraction of sp³-hybridized carbons (Fsp3) is 0.143. The van der Waals surface area contributed by atoms with Crippen LogP contribution in [0.2, 0.25) is 0 Å². The largest absolute Gasteiger partial charge is 0.439 e. The predicted octanol–water partition coefficient (Wildman–Crippen LogP) is 3.00. The molecule has 1 aliphatic rings. The van der Waals surface area contributed by atoms with Crippen molar-refractivity contribution in [1.82, 2.24) is 4.98 Å². The average molecular weight is 225 g/mol. The van der Waals surface area contributed by atoms with E-state index in [1.807, 2.05) is 30.3 Å². The molecule has 0 fully saturated rings. The second kappa shape index (κ2) is 4.01. The summed E-state index contributed by atoms with van der Waals surface area (Å²) in [6.07, 6.45) is 3.12. The number of para-hydroxylation sites is 1. The first kappa shape index (κ1) is 10.0. The summed E-state index contributed by atoms with van der Waals surface area (Å²) < 4.78 is 5.59. The first-order chi connectivity index (χ1) is 8.33. The highest BCUT2D eigenvalue weighted by Crippen LogP contribution is 2.26. The number of aromatic nitrogens is 1. The molecule has 84 valence electrons. The van der Waals surface area contributed by atoms with Crippen LogP contribution in [-0.2, 0) is 6.42 Å². The van der Waals surface area contributed by atoms with Crippen molar-refractivity contribution in [2.24, 2.45) is 0 Å². The van der Waals surface area contributed by atoms with Gasteiger partial charge in [-0.25, -0.2) is 4.98 Å². The number of pyridine rings is 1. The molecule has 0 bridgehead atoms. The van der Waals surface area contributed by atoms with Gasteiger partial charge in [-0.2, -0.15) is 0 Å². The Kier molecular flexibility index (Phi) is 2.37. The van der Waals surface area contributed by atoms with Gasteiger partial charge < -0.3 is 4.74 Å². The highest BCUT2D eigenvalue weighted by molar-refractivity contribution is 6.00. The molecule has 1 heterocycles. The van der Waals surface area contributed by atoms with Crippen LogP contribution in [0.25, 0.3) is 0 Å². The number of nitrogens with zero attached hydrogens (tertiary/aromatic N) is 1. The Balaban J connectivity index is 1.90. The molecule has 0 saturated carbocycles. The summed E-state index contributed by atoms with van der Waals surface area (Å²) in [4.78, 5) is 15.8. The molecule has 0 radical (unpaired) electrons. The molecule has 0 spiro atoms. The Labute approximate surface area is 99.1 Å². The quantitative estimate of drug-likeness (QED) is 0.788. The molecule has 0 unspecified atom stereocenters. The van der Waals surface area contributed by atoms with E-state index in [4.69, 9.17) is 4.74 Å². The second-order valence-corrected chi connectivity index (χ2v) is 4.02. The summed E-state index contributed by atoms with van der Waals surface area (Å²) in [6.45, 7) is 0. The third-order valence-corrected chi connectivity index (χ3v) is 2.85. The Morgan fingerprint density at radius 3 is 2.76 bits per heavy atom. The maximum Gasteiger partial charge on any atom is 0.219 e. The van der Waals surface area contributed by atoms with Gasteiger partial charge >= 0.3 is 0 Å². The van der Waals surface area contributed by atoms with Crippen molar-refractivity contribution in [3.05, 3.63) is 53.7 Å². The molecule has 0 atom stereocenters. The van der Waals surface area contributed by atoms with E-state index in [1.54, 1.807) is 12.3 Å². The van der Waals surface area contributed by atoms with Crippen LogP contribution in [0, 0.1) is 0 Å². The molecule has 2 aromatic rings. The average Bonchev–Trinajstić information content (AvgIpc) is 2.73. The summed E-state index contributed by atoms with van der Waals surface area (Å²) in [5, 5.41) is 0. The number of carbonyl (C=O) groups is 1. The smallest absolute Gasteiger partial charge is 0.219 e. The Morgan fingerprint density at radius 2 is 1.94 bits per heavy atom. The summed E-state index contributed by atoms with van der Waals surface area (Å²) >= 11 is 0. The maximum atomic E-state index is 11.6. The van der Waals surface area contributed by atoms with Crippen molar-refractivity contribution in [2.75, 3.05) is 0 Å². The van der Waals surface area contributed by atoms with Gasteiger partial charge in [0.2, 0.25) is 5.88 Å². The van der Waals surface area contributed by atoms with Crippen LogP contribution in [-0.4, -0.2) is 10.8 Å². The number of fused-ring (bicyclic) bond motifs is 1. The lowest BCUT2D eigenvalue weighted by atomic mass is 10.2. The number of aryl methyl sites for hydroxylation is 1. The van der Waals surface area contributed by atoms with Crippen LogP contribution in [0.4, 0.5) is 0 Å². The molecule has 17 heavy (non-hydrogen) atoms. The molecule has 3 rings (SSSR count). The fourth-order valence-corrected chi connectivity index (χ4v) is 1.97. The van der Waals surface area contributed by atoms with Gasteiger partial charge in [-0.1, -0.05) is 18.2 Å². The Bertz CT molecular complexity index is 564. The zero-order valence-corrected chi connectivity index (χ0v) is 9.22. The van der Waals surface area contributed by atoms with Crippen molar-refractivity contribution in [2.45, 2.75) is 12.8 Å². The highest BCUT2D eigenvalue weighted by Gasteiger charge is 2.20. The SMILES string of the molecule is O=C1CCc2cnc(Oc3ccccc3)cc21. The zero-order chi connectivity index (χ0) is 11.7. The number of ether oxygens (including phenoxy) is 1. The van der Waals surface area contributed by atoms with Gasteiger partial charge in [0, 0.05) is 24.2 Å². The van der Waals surface area contributed by atoms with Gasteiger partial charge in [0.15, 0.2) is 5.78 Å². The van der Waals surface area contributed by atoms with E-state index in [1.165, 1.54) is 0 Å². The van der Waals surface area contributed by atoms with Crippen LogP contribution < -0.4 is 4.74 Å². The number of benzene rings is 1. The highest BCUT2D eigenvalue weighted by atomic mass is 16.5. The monoisotopic (exact) mass is 225 g/mol. The van der Waals surface area contributed by atoms with Gasteiger partial charge in [-0.3, -0.25) is 4.79 Å². The zero-order valence-electron chi connectivity index (χ0n) is 9.22. The maximum absolute atomic E-state index is 11.6. The summed E-state index contributed by atoms with van der Waals surface area (Å²) in [5.41, 5.74) is 1.78. The lowest BCUT2D eigenvalue weighted by Crippen LogP contribution is -1.94. The summed E-state index contributed by atoms with van der Waals surface area (Å²) in [6, 6.07) is 11.2. The normalized spacial score (nSPS) is 13.5. The van der Waals surface area contributed by atoms with Crippen LogP contribution in [0.1, 0.15) is 22.3 Å². The van der Waals surface area contributed by atoms with E-state index in [2.05, 4.69) is 4.98 Å². The molecule has 3 nitrogen and oxygen atoms in total. The number of carbonyl (C=O) groups excluding carboxylic acids is 1. The van der Waals surface area contributed by atoms with E-state index in [9.17, 15) is 4.79 Å². The molecule has 0 saturated heterocycles. The van der Waals surface area contributed by atoms with E-state index >= 15 is 0 Å². The van der Waals surface area contributed by atoms with Gasteiger partial charge in [0.25, 0.3) is 0 Å². The molecule has 3 heteroatoms. The molecule has 0 aliphatic heterocycles. The molecule has 1 aromatic heterocycles. The van der Waals surface area contributed by atoms with Gasteiger partial charge in [0.1, 0.15) is 5.75 Å². The van der Waals surface area contributed by atoms with Crippen molar-refractivity contribution in [1.29, 1.82) is 0 Å². The van der Waals surface area contributed by atoms with Crippen molar-refractivity contribution >= 4 is 5.78 Å². The minimum Gasteiger partial charge on any atom is -0.439 e. The lowest BCUT2D eigenvalue weighted by Gasteiger charge is -2.05. The molecular formula is C14H11NO2. The minimum absolute atomic E-state index is 0.181. The number of hydrogen-bond acceptors (Lipinski definition) is 3. The third-order valence-electron chi connectivity index (χ3n) is 2.85. The number of Topliss-reactive ketones (excluding diaryl/α,β-unsaturated/α-hetero) is 1. The predicted molar refractivity (Wildman–Crippen MR) is 63.4 cm³/mol. The molecule has 1 aliphatic carbocycles. The van der Waals surface area contributed by atoms with E-state index in [0.717, 1.165) is 23.3 Å². The van der Waals surface area contributed by atoms with E-state index in [0.29, 0.717) is 12.3 Å². The molecule has 0 amide bonds. The van der Waals surface area contributed by atoms with Crippen LogP contribution in [0.3, 0.4) is 0 Å². The topological polar surface area (TPSA) is 39.2 Å². The van der Waals surface area contributed by atoms with Crippen LogP contribution >= 0.6 is 0 Å². The molecule has 1 aromatic carbocycles. The van der Waals surface area contributed by atoms with E-state index in [-0.39, 0.29) is 5.78 Å². The van der Waals surface area contributed by atoms with Crippen LogP contribution in [0.15, 0.2) is 42.6 Å². The van der Waals surface area contributed by atoms with Gasteiger partial charge in [-0.15, -0.1) is 0 Å². The third kappa shape index (κ3) is 1.91. The molecule has 0 N–H and O–H groups in total. The summed E-state index contributed by atoms with van der Waals surface area (Å²) in [7, 11) is 0. The number of ketones is 1. The Hall–Kier alpha value is -2.16. The number of rotatable bonds is 2. The van der Waals surface area contributed by atoms with Crippen LogP contribution in [0.5, 0.6) is 11.6 Å². The van der Waals surface area contributed by atoms with Crippen molar-refractivity contribution in [3.8, 4) is 11.6 Å². The lowest BCUT2D eigenvalue weighted by molar-refractivity contribution is 0.0994. The standard InChI is InChI=1S/C14H11NO2/c16-13-7-6-10-9-15-14(8-12(10)13)17-11-4-2-1-3-5-11/h1-5,8-9H,6-7H2. The van der Waals surface area contributed by atoms with Crippen molar-refractivity contribution in [3.63, 3.8) is 0 Å². The van der Waals surface area contributed by atoms with Gasteiger partial charge in [-0.05, 0) is 24.1 Å². The minimum atomic E-state index is 0.181. The first-order valence-corrected chi connectivity index (χ1v) is 5.58. The Morgan fingerprint density at radius 1 is 1.12 bits per heavy atom. The number of hydrogen-bond donors (Lipinski definition) is 0. The molecular weight excluding hydrogens is 214 g/mol.